The third-order valence-corrected chi connectivity index (χ3v) is 4.56. The molecule has 0 spiro atoms. The first-order valence-corrected chi connectivity index (χ1v) is 8.01. The molecule has 1 aromatic rings. The van der Waals surface area contributed by atoms with E-state index in [-0.39, 0.29) is 0 Å². The highest BCUT2D eigenvalue weighted by molar-refractivity contribution is 9.10. The summed E-state index contributed by atoms with van der Waals surface area (Å²) in [5.41, 5.74) is 1.24. The Morgan fingerprint density at radius 2 is 2.00 bits per heavy atom. The third-order valence-electron chi connectivity index (χ3n) is 3.97. The van der Waals surface area contributed by atoms with Gasteiger partial charge in [0.1, 0.15) is 13.2 Å². The van der Waals surface area contributed by atoms with Crippen molar-refractivity contribution in [3.8, 4) is 11.5 Å². The smallest absolute Gasteiger partial charge is 0.175 e. The van der Waals surface area contributed by atoms with E-state index in [1.807, 2.05) is 0 Å². The fourth-order valence-corrected chi connectivity index (χ4v) is 3.35. The molecule has 2 aliphatic heterocycles. The van der Waals surface area contributed by atoms with Crippen molar-refractivity contribution in [3.05, 3.63) is 22.2 Å². The van der Waals surface area contributed by atoms with Crippen LogP contribution in [0.4, 0.5) is 0 Å². The molecule has 1 N–H and O–H groups in total. The average Bonchev–Trinajstić information content (AvgIpc) is 2.47. The minimum atomic E-state index is 0.623. The molecule has 1 aromatic carbocycles. The topological polar surface area (TPSA) is 33.7 Å². The van der Waals surface area contributed by atoms with Crippen LogP contribution in [-0.2, 0) is 6.54 Å². The average molecular weight is 341 g/mol. The second-order valence-electron chi connectivity index (χ2n) is 5.56. The fourth-order valence-electron chi connectivity index (χ4n) is 2.74. The van der Waals surface area contributed by atoms with Crippen LogP contribution in [0.2, 0.25) is 0 Å². The van der Waals surface area contributed by atoms with Gasteiger partial charge < -0.3 is 19.7 Å². The molecule has 1 fully saturated rings. The van der Waals surface area contributed by atoms with Crippen LogP contribution in [0.5, 0.6) is 11.5 Å². The predicted molar refractivity (Wildman–Crippen MR) is 82.5 cm³/mol. The lowest BCUT2D eigenvalue weighted by Gasteiger charge is -2.29. The number of hydrogen-bond donors (Lipinski definition) is 1. The number of nitrogens with one attached hydrogen (secondary N) is 1. The highest BCUT2D eigenvalue weighted by Crippen LogP contribution is 2.38. The van der Waals surface area contributed by atoms with Gasteiger partial charge in [0.15, 0.2) is 11.5 Å². The van der Waals surface area contributed by atoms with Gasteiger partial charge in [-0.05, 0) is 66.6 Å². The minimum absolute atomic E-state index is 0.623. The van der Waals surface area contributed by atoms with E-state index in [2.05, 4.69) is 45.3 Å². The Kier molecular flexibility index (Phi) is 4.48. The van der Waals surface area contributed by atoms with Gasteiger partial charge in [-0.1, -0.05) is 0 Å². The highest BCUT2D eigenvalue weighted by atomic mass is 79.9. The maximum atomic E-state index is 5.66. The zero-order valence-corrected chi connectivity index (χ0v) is 13.4. The molecule has 3 rings (SSSR count). The summed E-state index contributed by atoms with van der Waals surface area (Å²) in [5, 5.41) is 3.65. The number of piperidine rings is 1. The summed E-state index contributed by atoms with van der Waals surface area (Å²) in [6.45, 7) is 4.50. The van der Waals surface area contributed by atoms with E-state index >= 15 is 0 Å². The van der Waals surface area contributed by atoms with E-state index in [4.69, 9.17) is 9.47 Å². The summed E-state index contributed by atoms with van der Waals surface area (Å²) in [4.78, 5) is 2.39. The summed E-state index contributed by atoms with van der Waals surface area (Å²) >= 11 is 3.57. The van der Waals surface area contributed by atoms with Crippen LogP contribution in [0, 0.1) is 0 Å². The van der Waals surface area contributed by atoms with Gasteiger partial charge in [0.25, 0.3) is 0 Å². The number of rotatable bonds is 3. The van der Waals surface area contributed by atoms with Gasteiger partial charge in [-0.15, -0.1) is 0 Å². The van der Waals surface area contributed by atoms with Crippen molar-refractivity contribution in [2.24, 2.45) is 0 Å². The Morgan fingerprint density at radius 3 is 2.80 bits per heavy atom. The molecule has 5 heteroatoms. The quantitative estimate of drug-likeness (QED) is 0.916. The van der Waals surface area contributed by atoms with Gasteiger partial charge in [0, 0.05) is 12.6 Å². The van der Waals surface area contributed by atoms with Crippen LogP contribution in [0.25, 0.3) is 0 Å². The summed E-state index contributed by atoms with van der Waals surface area (Å²) in [7, 11) is 2.19. The maximum Gasteiger partial charge on any atom is 0.175 e. The van der Waals surface area contributed by atoms with E-state index < -0.39 is 0 Å². The van der Waals surface area contributed by atoms with E-state index in [0.717, 1.165) is 22.5 Å². The Hall–Kier alpha value is -0.780. The SMILES string of the molecule is CN1CCC(NCc2cc(Br)c3c(c2)OCCO3)CC1. The molecule has 0 amide bonds. The molecule has 0 aromatic heterocycles. The summed E-state index contributed by atoms with van der Waals surface area (Å²) in [5.74, 6) is 1.69. The van der Waals surface area contributed by atoms with Crippen LogP contribution < -0.4 is 14.8 Å². The zero-order chi connectivity index (χ0) is 13.9. The molecule has 4 nitrogen and oxygen atoms in total. The first-order valence-electron chi connectivity index (χ1n) is 7.22. The summed E-state index contributed by atoms with van der Waals surface area (Å²) < 4.78 is 12.3. The summed E-state index contributed by atoms with van der Waals surface area (Å²) in [6, 6.07) is 4.83. The number of halogens is 1. The second-order valence-corrected chi connectivity index (χ2v) is 6.41. The Balaban J connectivity index is 1.61. The lowest BCUT2D eigenvalue weighted by molar-refractivity contribution is 0.170. The van der Waals surface area contributed by atoms with Gasteiger partial charge in [0.05, 0.1) is 4.47 Å². The molecule has 2 aliphatic rings. The normalized spacial score (nSPS) is 20.1. The van der Waals surface area contributed by atoms with Crippen molar-refractivity contribution in [2.45, 2.75) is 25.4 Å². The highest BCUT2D eigenvalue weighted by Gasteiger charge is 2.18. The van der Waals surface area contributed by atoms with Crippen LogP contribution in [0.1, 0.15) is 18.4 Å². The number of hydrogen-bond acceptors (Lipinski definition) is 4. The first-order chi connectivity index (χ1) is 9.72. The van der Waals surface area contributed by atoms with Gasteiger partial charge in [-0.2, -0.15) is 0 Å². The molecule has 110 valence electrons. The Morgan fingerprint density at radius 1 is 1.25 bits per heavy atom. The number of ether oxygens (including phenoxy) is 2. The lowest BCUT2D eigenvalue weighted by Crippen LogP contribution is -2.40. The second kappa shape index (κ2) is 6.33. The van der Waals surface area contributed by atoms with Crippen molar-refractivity contribution in [2.75, 3.05) is 33.4 Å². The minimum Gasteiger partial charge on any atom is -0.486 e. The molecule has 1 saturated heterocycles. The van der Waals surface area contributed by atoms with Crippen molar-refractivity contribution in [1.29, 1.82) is 0 Å². The van der Waals surface area contributed by atoms with Gasteiger partial charge in [-0.3, -0.25) is 0 Å². The number of likely N-dealkylation sites (tertiary alicyclic amines) is 1. The van der Waals surface area contributed by atoms with E-state index in [0.29, 0.717) is 19.3 Å². The van der Waals surface area contributed by atoms with Crippen molar-refractivity contribution < 1.29 is 9.47 Å². The molecular weight excluding hydrogens is 320 g/mol. The Bertz CT molecular complexity index is 473. The fraction of sp³-hybridized carbons (Fsp3) is 0.600. The molecular formula is C15H21BrN2O2. The molecule has 2 heterocycles. The van der Waals surface area contributed by atoms with Crippen molar-refractivity contribution in [1.82, 2.24) is 10.2 Å². The maximum absolute atomic E-state index is 5.66. The molecule has 0 bridgehead atoms. The molecule has 20 heavy (non-hydrogen) atoms. The standard InChI is InChI=1S/C15H21BrN2O2/c1-18-4-2-12(3-5-18)17-10-11-8-13(16)15-14(9-11)19-6-7-20-15/h8-9,12,17H,2-7,10H2,1H3. The van der Waals surface area contributed by atoms with Gasteiger partial charge in [-0.25, -0.2) is 0 Å². The zero-order valence-electron chi connectivity index (χ0n) is 11.8. The molecule has 0 radical (unpaired) electrons. The summed E-state index contributed by atoms with van der Waals surface area (Å²) in [6.07, 6.45) is 2.45. The van der Waals surface area contributed by atoms with Gasteiger partial charge >= 0.3 is 0 Å². The number of fused-ring (bicyclic) bond motifs is 1. The monoisotopic (exact) mass is 340 g/mol. The Labute approximate surface area is 128 Å². The van der Waals surface area contributed by atoms with Crippen LogP contribution in [0.15, 0.2) is 16.6 Å². The first kappa shape index (κ1) is 14.2. The van der Waals surface area contributed by atoms with E-state index in [9.17, 15) is 0 Å². The van der Waals surface area contributed by atoms with Crippen LogP contribution >= 0.6 is 15.9 Å². The van der Waals surface area contributed by atoms with E-state index in [1.165, 1.54) is 31.5 Å². The van der Waals surface area contributed by atoms with Crippen LogP contribution in [-0.4, -0.2) is 44.3 Å². The number of nitrogens with zero attached hydrogens (tertiary/aromatic N) is 1. The van der Waals surface area contributed by atoms with Crippen molar-refractivity contribution >= 4 is 15.9 Å². The van der Waals surface area contributed by atoms with Crippen molar-refractivity contribution in [3.63, 3.8) is 0 Å². The molecule has 0 aliphatic carbocycles. The van der Waals surface area contributed by atoms with E-state index in [1.54, 1.807) is 0 Å². The third kappa shape index (κ3) is 3.27. The molecule has 0 unspecified atom stereocenters. The molecule has 0 atom stereocenters. The lowest BCUT2D eigenvalue weighted by atomic mass is 10.1. The number of benzene rings is 1. The molecule has 0 saturated carbocycles. The van der Waals surface area contributed by atoms with Crippen LogP contribution in [0.3, 0.4) is 0 Å². The predicted octanol–water partition coefficient (Wildman–Crippen LogP) is 2.40. The largest absolute Gasteiger partial charge is 0.486 e. The van der Waals surface area contributed by atoms with Gasteiger partial charge in [0.2, 0.25) is 0 Å².